The van der Waals surface area contributed by atoms with Crippen molar-refractivity contribution in [1.82, 2.24) is 15.1 Å². The number of aromatic nitrogens is 2. The van der Waals surface area contributed by atoms with E-state index in [2.05, 4.69) is 15.7 Å². The van der Waals surface area contributed by atoms with Crippen molar-refractivity contribution in [3.05, 3.63) is 78.1 Å². The SMILES string of the molecule is O=C(Cc1cccc(F)c1)NCC(=O)Nc1ccc(-n2cccn2)c(F)c1. The summed E-state index contributed by atoms with van der Waals surface area (Å²) in [4.78, 5) is 23.8. The van der Waals surface area contributed by atoms with E-state index in [-0.39, 0.29) is 24.3 Å². The van der Waals surface area contributed by atoms with Gasteiger partial charge in [-0.05, 0) is 42.0 Å². The van der Waals surface area contributed by atoms with E-state index in [9.17, 15) is 18.4 Å². The van der Waals surface area contributed by atoms with Crippen molar-refractivity contribution in [3.63, 3.8) is 0 Å². The normalized spacial score (nSPS) is 10.4. The highest BCUT2D eigenvalue weighted by molar-refractivity contribution is 5.94. The van der Waals surface area contributed by atoms with Crippen molar-refractivity contribution in [1.29, 1.82) is 0 Å². The van der Waals surface area contributed by atoms with Crippen molar-refractivity contribution in [2.75, 3.05) is 11.9 Å². The smallest absolute Gasteiger partial charge is 0.243 e. The van der Waals surface area contributed by atoms with Crippen LogP contribution in [0.1, 0.15) is 5.56 Å². The Hall–Kier alpha value is -3.55. The van der Waals surface area contributed by atoms with Crippen LogP contribution in [0.2, 0.25) is 0 Å². The van der Waals surface area contributed by atoms with Gasteiger partial charge in [0.1, 0.15) is 11.5 Å². The molecule has 1 aromatic heterocycles. The van der Waals surface area contributed by atoms with Gasteiger partial charge in [-0.2, -0.15) is 5.10 Å². The molecule has 0 fully saturated rings. The van der Waals surface area contributed by atoms with Gasteiger partial charge in [-0.15, -0.1) is 0 Å². The summed E-state index contributed by atoms with van der Waals surface area (Å²) >= 11 is 0. The molecule has 0 unspecified atom stereocenters. The number of benzene rings is 2. The number of nitrogens with zero attached hydrogens (tertiary/aromatic N) is 2. The topological polar surface area (TPSA) is 76.0 Å². The first-order valence-corrected chi connectivity index (χ1v) is 8.12. The van der Waals surface area contributed by atoms with Crippen LogP contribution in [0, 0.1) is 11.6 Å². The van der Waals surface area contributed by atoms with Crippen LogP contribution in [-0.4, -0.2) is 28.1 Å². The van der Waals surface area contributed by atoms with Crippen LogP contribution in [0.15, 0.2) is 60.9 Å². The molecular weight excluding hydrogens is 354 g/mol. The Morgan fingerprint density at radius 2 is 1.89 bits per heavy atom. The van der Waals surface area contributed by atoms with Gasteiger partial charge in [0.25, 0.3) is 0 Å². The molecule has 27 heavy (non-hydrogen) atoms. The second-order valence-corrected chi connectivity index (χ2v) is 5.75. The molecule has 0 saturated heterocycles. The Morgan fingerprint density at radius 3 is 2.59 bits per heavy atom. The molecule has 0 atom stereocenters. The molecule has 2 aromatic carbocycles. The van der Waals surface area contributed by atoms with E-state index >= 15 is 0 Å². The standard InChI is InChI=1S/C19H16F2N4O2/c20-14-4-1-3-13(9-14)10-18(26)22-12-19(27)24-15-5-6-17(16(21)11-15)25-8-2-7-23-25/h1-9,11H,10,12H2,(H,22,26)(H,24,27). The Morgan fingerprint density at radius 1 is 1.04 bits per heavy atom. The van der Waals surface area contributed by atoms with Gasteiger partial charge in [-0.3, -0.25) is 9.59 Å². The Balaban J connectivity index is 1.52. The van der Waals surface area contributed by atoms with Gasteiger partial charge >= 0.3 is 0 Å². The monoisotopic (exact) mass is 370 g/mol. The molecule has 1 heterocycles. The van der Waals surface area contributed by atoms with E-state index in [1.165, 1.54) is 47.3 Å². The lowest BCUT2D eigenvalue weighted by Crippen LogP contribution is -2.33. The molecular formula is C19H16F2N4O2. The zero-order chi connectivity index (χ0) is 19.2. The highest BCUT2D eigenvalue weighted by atomic mass is 19.1. The van der Waals surface area contributed by atoms with Gasteiger partial charge in [-0.1, -0.05) is 12.1 Å². The summed E-state index contributed by atoms with van der Waals surface area (Å²) in [6.07, 6.45) is 3.09. The predicted octanol–water partition coefficient (Wildman–Crippen LogP) is 2.45. The van der Waals surface area contributed by atoms with Gasteiger partial charge in [0.15, 0.2) is 5.82 Å². The third kappa shape index (κ3) is 4.97. The Bertz CT molecular complexity index is 958. The molecule has 0 aliphatic carbocycles. The van der Waals surface area contributed by atoms with Gasteiger partial charge in [0.2, 0.25) is 11.8 Å². The number of hydrogen-bond donors (Lipinski definition) is 2. The van der Waals surface area contributed by atoms with Crippen LogP contribution in [0.25, 0.3) is 5.69 Å². The second-order valence-electron chi connectivity index (χ2n) is 5.75. The van der Waals surface area contributed by atoms with E-state index in [0.29, 0.717) is 5.56 Å². The molecule has 8 heteroatoms. The number of nitrogens with one attached hydrogen (secondary N) is 2. The fourth-order valence-electron chi connectivity index (χ4n) is 2.46. The zero-order valence-corrected chi connectivity index (χ0v) is 14.2. The van der Waals surface area contributed by atoms with Crippen molar-refractivity contribution >= 4 is 17.5 Å². The van der Waals surface area contributed by atoms with Crippen molar-refractivity contribution in [2.45, 2.75) is 6.42 Å². The predicted molar refractivity (Wildman–Crippen MR) is 95.3 cm³/mol. The first-order valence-electron chi connectivity index (χ1n) is 8.12. The summed E-state index contributed by atoms with van der Waals surface area (Å²) < 4.78 is 28.6. The zero-order valence-electron chi connectivity index (χ0n) is 14.2. The number of carbonyl (C=O) groups is 2. The van der Waals surface area contributed by atoms with Gasteiger partial charge in [0.05, 0.1) is 13.0 Å². The molecule has 2 N–H and O–H groups in total. The minimum atomic E-state index is -0.549. The summed E-state index contributed by atoms with van der Waals surface area (Å²) in [6, 6.07) is 11.5. The largest absolute Gasteiger partial charge is 0.347 e. The van der Waals surface area contributed by atoms with Crippen LogP contribution in [0.5, 0.6) is 0 Å². The lowest BCUT2D eigenvalue weighted by molar-refractivity contribution is -0.123. The lowest BCUT2D eigenvalue weighted by Gasteiger charge is -2.09. The fraction of sp³-hybridized carbons (Fsp3) is 0.105. The molecule has 0 aliphatic heterocycles. The van der Waals surface area contributed by atoms with Crippen LogP contribution >= 0.6 is 0 Å². The Kier molecular flexibility index (Phi) is 5.55. The van der Waals surface area contributed by atoms with Gasteiger partial charge in [-0.25, -0.2) is 13.5 Å². The van der Waals surface area contributed by atoms with Gasteiger partial charge < -0.3 is 10.6 Å². The van der Waals surface area contributed by atoms with Crippen LogP contribution in [-0.2, 0) is 16.0 Å². The molecule has 0 spiro atoms. The number of carbonyl (C=O) groups excluding carboxylic acids is 2. The summed E-state index contributed by atoms with van der Waals surface area (Å²) in [5.74, 6) is -1.91. The van der Waals surface area contributed by atoms with E-state index in [0.717, 1.165) is 0 Å². The van der Waals surface area contributed by atoms with E-state index in [1.54, 1.807) is 18.3 Å². The number of hydrogen-bond acceptors (Lipinski definition) is 3. The van der Waals surface area contributed by atoms with Gasteiger partial charge in [0, 0.05) is 18.1 Å². The summed E-state index contributed by atoms with van der Waals surface area (Å²) in [5.41, 5.74) is 1.01. The van der Waals surface area contributed by atoms with Crippen molar-refractivity contribution in [2.24, 2.45) is 0 Å². The third-order valence-electron chi connectivity index (χ3n) is 3.68. The molecule has 6 nitrogen and oxygen atoms in total. The molecule has 0 saturated carbocycles. The third-order valence-corrected chi connectivity index (χ3v) is 3.68. The Labute approximate surface area is 153 Å². The molecule has 3 aromatic rings. The average molecular weight is 370 g/mol. The van der Waals surface area contributed by atoms with Crippen LogP contribution in [0.4, 0.5) is 14.5 Å². The van der Waals surface area contributed by atoms with E-state index in [4.69, 9.17) is 0 Å². The first-order chi connectivity index (χ1) is 13.0. The maximum absolute atomic E-state index is 14.1. The highest BCUT2D eigenvalue weighted by Crippen LogP contribution is 2.17. The minimum Gasteiger partial charge on any atom is -0.347 e. The minimum absolute atomic E-state index is 0.0434. The second kappa shape index (κ2) is 8.22. The summed E-state index contributed by atoms with van der Waals surface area (Å²) in [7, 11) is 0. The molecule has 138 valence electrons. The number of rotatable bonds is 6. The first kappa shape index (κ1) is 18.2. The van der Waals surface area contributed by atoms with Crippen molar-refractivity contribution in [3.8, 4) is 5.69 Å². The molecule has 0 radical (unpaired) electrons. The highest BCUT2D eigenvalue weighted by Gasteiger charge is 2.10. The van der Waals surface area contributed by atoms with Crippen LogP contribution in [0.3, 0.4) is 0 Å². The summed E-state index contributed by atoms with van der Waals surface area (Å²) in [6.45, 7) is -0.281. The molecule has 2 amide bonds. The average Bonchev–Trinajstić information content (AvgIpc) is 3.14. The number of amides is 2. The lowest BCUT2D eigenvalue weighted by atomic mass is 10.1. The molecule has 3 rings (SSSR count). The number of halogens is 2. The number of anilines is 1. The van der Waals surface area contributed by atoms with Crippen molar-refractivity contribution < 1.29 is 18.4 Å². The van der Waals surface area contributed by atoms with E-state index < -0.39 is 23.4 Å². The molecule has 0 aliphatic rings. The van der Waals surface area contributed by atoms with E-state index in [1.807, 2.05) is 0 Å². The van der Waals surface area contributed by atoms with Crippen LogP contribution < -0.4 is 10.6 Å². The maximum atomic E-state index is 14.1. The summed E-state index contributed by atoms with van der Waals surface area (Å²) in [5, 5.41) is 8.88. The maximum Gasteiger partial charge on any atom is 0.243 e. The molecule has 0 bridgehead atoms. The quantitative estimate of drug-likeness (QED) is 0.700. The fourth-order valence-corrected chi connectivity index (χ4v) is 2.46.